The van der Waals surface area contributed by atoms with Crippen LogP contribution in [0.3, 0.4) is 0 Å². The lowest BCUT2D eigenvalue weighted by molar-refractivity contribution is -0.123. The van der Waals surface area contributed by atoms with Crippen molar-refractivity contribution < 1.29 is 23.9 Å². The first-order valence-electron chi connectivity index (χ1n) is 8.95. The van der Waals surface area contributed by atoms with E-state index >= 15 is 0 Å². The standard InChI is InChI=1S/C21H22N2O5/c1-23-16-8-7-14(11-15(16)12-21(23)26)17(24)9-10-22-20(25)13-28-19-6-4-3-5-18(19)27-2/h3-8,11H,9-10,12-13H2,1-2H3,(H,22,25). The van der Waals surface area contributed by atoms with Gasteiger partial charge in [-0.05, 0) is 35.9 Å². The number of anilines is 1. The molecule has 0 aliphatic carbocycles. The second-order valence-corrected chi connectivity index (χ2v) is 6.44. The van der Waals surface area contributed by atoms with Gasteiger partial charge in [-0.3, -0.25) is 14.4 Å². The summed E-state index contributed by atoms with van der Waals surface area (Å²) in [6.45, 7) is 0.0464. The van der Waals surface area contributed by atoms with E-state index in [9.17, 15) is 14.4 Å². The van der Waals surface area contributed by atoms with Crippen LogP contribution in [0, 0.1) is 0 Å². The van der Waals surface area contributed by atoms with Crippen molar-refractivity contribution in [3.63, 3.8) is 0 Å². The van der Waals surface area contributed by atoms with Gasteiger partial charge >= 0.3 is 0 Å². The third-order valence-electron chi connectivity index (χ3n) is 4.58. The molecule has 2 amide bonds. The van der Waals surface area contributed by atoms with E-state index in [1.807, 2.05) is 6.07 Å². The van der Waals surface area contributed by atoms with Crippen LogP contribution in [0.15, 0.2) is 42.5 Å². The fourth-order valence-corrected chi connectivity index (χ4v) is 3.04. The number of nitrogens with one attached hydrogen (secondary N) is 1. The first-order valence-corrected chi connectivity index (χ1v) is 8.95. The number of carbonyl (C=O) groups excluding carboxylic acids is 3. The predicted molar refractivity (Wildman–Crippen MR) is 104 cm³/mol. The number of Topliss-reactive ketones (excluding diaryl/α,β-unsaturated/α-hetero) is 1. The van der Waals surface area contributed by atoms with Crippen molar-refractivity contribution in [3.8, 4) is 11.5 Å². The van der Waals surface area contributed by atoms with E-state index in [0.717, 1.165) is 11.3 Å². The number of para-hydroxylation sites is 2. The monoisotopic (exact) mass is 382 g/mol. The fraction of sp³-hybridized carbons (Fsp3) is 0.286. The lowest BCUT2D eigenvalue weighted by atomic mass is 10.0. The Labute approximate surface area is 163 Å². The molecule has 0 saturated heterocycles. The van der Waals surface area contributed by atoms with Gasteiger partial charge in [0.2, 0.25) is 5.91 Å². The number of hydrogen-bond donors (Lipinski definition) is 1. The van der Waals surface area contributed by atoms with Crippen molar-refractivity contribution in [1.82, 2.24) is 5.32 Å². The smallest absolute Gasteiger partial charge is 0.257 e. The van der Waals surface area contributed by atoms with Gasteiger partial charge in [0, 0.05) is 31.3 Å². The maximum atomic E-state index is 12.4. The second-order valence-electron chi connectivity index (χ2n) is 6.44. The Balaban J connectivity index is 1.46. The van der Waals surface area contributed by atoms with E-state index in [1.54, 1.807) is 48.3 Å². The number of benzene rings is 2. The molecule has 1 heterocycles. The van der Waals surface area contributed by atoms with Crippen molar-refractivity contribution in [2.75, 3.05) is 32.2 Å². The minimum absolute atomic E-state index is 0.0157. The molecule has 0 fully saturated rings. The van der Waals surface area contributed by atoms with Crippen molar-refractivity contribution in [2.45, 2.75) is 12.8 Å². The molecule has 0 spiro atoms. The third kappa shape index (κ3) is 4.31. The summed E-state index contributed by atoms with van der Waals surface area (Å²) in [6.07, 6.45) is 0.479. The topological polar surface area (TPSA) is 84.9 Å². The van der Waals surface area contributed by atoms with Gasteiger partial charge in [0.05, 0.1) is 13.5 Å². The average molecular weight is 382 g/mol. The number of likely N-dealkylation sites (N-methyl/N-ethyl adjacent to an activating group) is 1. The van der Waals surface area contributed by atoms with Crippen molar-refractivity contribution in [2.24, 2.45) is 0 Å². The molecule has 1 aliphatic rings. The van der Waals surface area contributed by atoms with Gasteiger partial charge in [-0.1, -0.05) is 12.1 Å². The number of carbonyl (C=O) groups is 3. The van der Waals surface area contributed by atoms with Gasteiger partial charge in [-0.2, -0.15) is 0 Å². The number of hydrogen-bond acceptors (Lipinski definition) is 5. The van der Waals surface area contributed by atoms with E-state index in [0.29, 0.717) is 23.5 Å². The summed E-state index contributed by atoms with van der Waals surface area (Å²) in [4.78, 5) is 37.6. The molecule has 0 atom stereocenters. The van der Waals surface area contributed by atoms with E-state index in [4.69, 9.17) is 9.47 Å². The summed E-state index contributed by atoms with van der Waals surface area (Å²) < 4.78 is 10.6. The number of fused-ring (bicyclic) bond motifs is 1. The van der Waals surface area contributed by atoms with Crippen molar-refractivity contribution in [3.05, 3.63) is 53.6 Å². The van der Waals surface area contributed by atoms with Gasteiger partial charge in [0.25, 0.3) is 5.91 Å². The Morgan fingerprint density at radius 3 is 2.64 bits per heavy atom. The number of methoxy groups -OCH3 is 1. The molecule has 1 aliphatic heterocycles. The highest BCUT2D eigenvalue weighted by Crippen LogP contribution is 2.28. The van der Waals surface area contributed by atoms with Crippen molar-refractivity contribution >= 4 is 23.3 Å². The van der Waals surface area contributed by atoms with E-state index < -0.39 is 0 Å². The summed E-state index contributed by atoms with van der Waals surface area (Å²) in [5.74, 6) is 0.637. The van der Waals surface area contributed by atoms with Crippen LogP contribution in [0.2, 0.25) is 0 Å². The number of ether oxygens (including phenoxy) is 2. The minimum atomic E-state index is -0.320. The molecule has 1 N–H and O–H groups in total. The third-order valence-corrected chi connectivity index (χ3v) is 4.58. The van der Waals surface area contributed by atoms with Crippen LogP contribution in [-0.2, 0) is 16.0 Å². The summed E-state index contributed by atoms with van der Waals surface area (Å²) in [6, 6.07) is 12.3. The summed E-state index contributed by atoms with van der Waals surface area (Å²) in [5.41, 5.74) is 2.23. The molecule has 0 bridgehead atoms. The van der Waals surface area contributed by atoms with Crippen LogP contribution in [0.1, 0.15) is 22.3 Å². The lowest BCUT2D eigenvalue weighted by Gasteiger charge is -2.11. The highest BCUT2D eigenvalue weighted by Gasteiger charge is 2.24. The van der Waals surface area contributed by atoms with Crippen LogP contribution < -0.4 is 19.7 Å². The molecule has 0 unspecified atom stereocenters. The van der Waals surface area contributed by atoms with Crippen molar-refractivity contribution in [1.29, 1.82) is 0 Å². The molecule has 0 radical (unpaired) electrons. The van der Waals surface area contributed by atoms with Gasteiger partial charge in [0.1, 0.15) is 0 Å². The maximum absolute atomic E-state index is 12.4. The molecular formula is C21H22N2O5. The highest BCUT2D eigenvalue weighted by molar-refractivity contribution is 6.03. The van der Waals surface area contributed by atoms with E-state index in [-0.39, 0.29) is 37.2 Å². The number of nitrogens with zero attached hydrogens (tertiary/aromatic N) is 1. The molecule has 28 heavy (non-hydrogen) atoms. The largest absolute Gasteiger partial charge is 0.493 e. The second kappa shape index (κ2) is 8.56. The lowest BCUT2D eigenvalue weighted by Crippen LogP contribution is -2.30. The quantitative estimate of drug-likeness (QED) is 0.706. The molecular weight excluding hydrogens is 360 g/mol. The first kappa shape index (κ1) is 19.4. The SMILES string of the molecule is COc1ccccc1OCC(=O)NCCC(=O)c1ccc2c(c1)CC(=O)N2C. The number of amides is 2. The Bertz CT molecular complexity index is 909. The van der Waals surface area contributed by atoms with Gasteiger partial charge in [-0.15, -0.1) is 0 Å². The van der Waals surface area contributed by atoms with Gasteiger partial charge in [-0.25, -0.2) is 0 Å². The molecule has 146 valence electrons. The number of rotatable bonds is 8. The molecule has 3 rings (SSSR count). The summed E-state index contributed by atoms with van der Waals surface area (Å²) in [7, 11) is 3.25. The zero-order chi connectivity index (χ0) is 20.1. The highest BCUT2D eigenvalue weighted by atomic mass is 16.5. The first-order chi connectivity index (χ1) is 13.5. The van der Waals surface area contributed by atoms with Crippen LogP contribution in [0.4, 0.5) is 5.69 Å². The zero-order valence-corrected chi connectivity index (χ0v) is 15.9. The van der Waals surface area contributed by atoms with Crippen LogP contribution >= 0.6 is 0 Å². The van der Waals surface area contributed by atoms with Gasteiger partial charge in [0.15, 0.2) is 23.9 Å². The molecule has 7 nitrogen and oxygen atoms in total. The Kier molecular flexibility index (Phi) is 5.93. The molecule has 7 heteroatoms. The van der Waals surface area contributed by atoms with Crippen LogP contribution in [0.5, 0.6) is 11.5 Å². The summed E-state index contributed by atoms with van der Waals surface area (Å²) >= 11 is 0. The number of ketones is 1. The predicted octanol–water partition coefficient (Wildman–Crippen LogP) is 1.98. The van der Waals surface area contributed by atoms with Gasteiger partial charge < -0.3 is 19.7 Å². The minimum Gasteiger partial charge on any atom is -0.493 e. The Hall–Kier alpha value is -3.35. The van der Waals surface area contributed by atoms with E-state index in [1.165, 1.54) is 7.11 Å². The maximum Gasteiger partial charge on any atom is 0.257 e. The molecule has 2 aromatic carbocycles. The average Bonchev–Trinajstić information content (AvgIpc) is 2.99. The normalized spacial score (nSPS) is 12.5. The van der Waals surface area contributed by atoms with Crippen LogP contribution in [-0.4, -0.2) is 44.9 Å². The Morgan fingerprint density at radius 1 is 1.14 bits per heavy atom. The van der Waals surface area contributed by atoms with Crippen LogP contribution in [0.25, 0.3) is 0 Å². The molecule has 2 aromatic rings. The molecule has 0 aromatic heterocycles. The molecule has 0 saturated carbocycles. The fourth-order valence-electron chi connectivity index (χ4n) is 3.04. The summed E-state index contributed by atoms with van der Waals surface area (Å²) in [5, 5.41) is 2.67. The van der Waals surface area contributed by atoms with E-state index in [2.05, 4.69) is 5.32 Å². The zero-order valence-electron chi connectivity index (χ0n) is 15.9. The Morgan fingerprint density at radius 2 is 1.89 bits per heavy atom.